The van der Waals surface area contributed by atoms with Gasteiger partial charge in [0.05, 0.1) is 23.8 Å². The lowest BCUT2D eigenvalue weighted by atomic mass is 9.93. The lowest BCUT2D eigenvalue weighted by Crippen LogP contribution is -2.22. The van der Waals surface area contributed by atoms with Crippen molar-refractivity contribution in [2.75, 3.05) is 22.8 Å². The van der Waals surface area contributed by atoms with Gasteiger partial charge in [0.1, 0.15) is 5.69 Å². The summed E-state index contributed by atoms with van der Waals surface area (Å²) in [5, 5.41) is 19.0. The van der Waals surface area contributed by atoms with E-state index in [9.17, 15) is 13.5 Å². The van der Waals surface area contributed by atoms with Crippen LogP contribution in [0.3, 0.4) is 0 Å². The van der Waals surface area contributed by atoms with Gasteiger partial charge in [-0.05, 0) is 44.2 Å². The molecule has 1 aromatic carbocycles. The number of aliphatic hydroxyl groups is 1. The molecule has 4 rings (SSSR count). The van der Waals surface area contributed by atoms with Crippen molar-refractivity contribution in [2.45, 2.75) is 57.6 Å². The molecule has 0 unspecified atom stereocenters. The van der Waals surface area contributed by atoms with E-state index in [1.54, 1.807) is 18.3 Å². The second kappa shape index (κ2) is 9.41. The molecule has 1 fully saturated rings. The Morgan fingerprint density at radius 3 is 2.53 bits per heavy atom. The molecule has 0 atom stereocenters. The molecule has 1 aliphatic carbocycles. The number of nitrogens with one attached hydrogen (secondary N) is 2. The summed E-state index contributed by atoms with van der Waals surface area (Å²) in [6.07, 6.45) is 8.00. The van der Waals surface area contributed by atoms with Crippen molar-refractivity contribution in [2.24, 2.45) is 0 Å². The molecule has 0 radical (unpaired) electrons. The van der Waals surface area contributed by atoms with Crippen LogP contribution in [0, 0.1) is 0 Å². The number of fused-ring (bicyclic) bond motifs is 1. The SMILES string of the molecule is CCCCNc1ncc2c(-c3ccc(NS(C)(=O)=O)cc3)nn([C@H]3CC[C@H](O)CC3)c2n1. The Bertz CT molecular complexity index is 1170. The smallest absolute Gasteiger partial charge is 0.229 e. The van der Waals surface area contributed by atoms with E-state index < -0.39 is 10.0 Å². The van der Waals surface area contributed by atoms with Crippen LogP contribution in [0.5, 0.6) is 0 Å². The maximum atomic E-state index is 11.5. The monoisotopic (exact) mass is 458 g/mol. The van der Waals surface area contributed by atoms with Gasteiger partial charge in [0.15, 0.2) is 5.65 Å². The minimum absolute atomic E-state index is 0.166. The van der Waals surface area contributed by atoms with E-state index in [0.717, 1.165) is 73.6 Å². The van der Waals surface area contributed by atoms with E-state index in [4.69, 9.17) is 10.1 Å². The van der Waals surface area contributed by atoms with Crippen molar-refractivity contribution in [3.8, 4) is 11.3 Å². The summed E-state index contributed by atoms with van der Waals surface area (Å²) in [5.74, 6) is 0.585. The molecule has 32 heavy (non-hydrogen) atoms. The third-order valence-corrected chi connectivity index (χ3v) is 6.34. The standard InChI is InChI=1S/C22H30N6O3S/c1-3-4-13-23-22-24-14-19-20(15-5-7-16(8-6-15)27-32(2,30)31)26-28(21(19)25-22)17-9-11-18(29)12-10-17/h5-8,14,17-18,27,29H,3-4,9-13H2,1-2H3,(H,23,24,25)/t17-,18-. The van der Waals surface area contributed by atoms with Crippen molar-refractivity contribution in [1.82, 2.24) is 19.7 Å². The normalized spacial score (nSPS) is 19.2. The van der Waals surface area contributed by atoms with E-state index in [2.05, 4.69) is 21.9 Å². The van der Waals surface area contributed by atoms with E-state index in [-0.39, 0.29) is 12.1 Å². The molecule has 1 saturated carbocycles. The Morgan fingerprint density at radius 2 is 1.88 bits per heavy atom. The summed E-state index contributed by atoms with van der Waals surface area (Å²) in [4.78, 5) is 9.27. The first-order valence-corrected chi connectivity index (χ1v) is 13.0. The maximum Gasteiger partial charge on any atom is 0.229 e. The molecule has 3 N–H and O–H groups in total. The topological polar surface area (TPSA) is 122 Å². The summed E-state index contributed by atoms with van der Waals surface area (Å²) in [7, 11) is -3.34. The molecular formula is C22H30N6O3S. The molecule has 172 valence electrons. The van der Waals surface area contributed by atoms with Gasteiger partial charge in [0.25, 0.3) is 0 Å². The molecular weight excluding hydrogens is 428 g/mol. The predicted octanol–water partition coefficient (Wildman–Crippen LogP) is 3.55. The van der Waals surface area contributed by atoms with E-state index >= 15 is 0 Å². The van der Waals surface area contributed by atoms with Crippen molar-refractivity contribution in [3.63, 3.8) is 0 Å². The number of hydrogen-bond acceptors (Lipinski definition) is 7. The molecule has 10 heteroatoms. The van der Waals surface area contributed by atoms with Gasteiger partial charge in [-0.2, -0.15) is 10.1 Å². The number of sulfonamides is 1. The van der Waals surface area contributed by atoms with Crippen LogP contribution >= 0.6 is 0 Å². The zero-order valence-electron chi connectivity index (χ0n) is 18.5. The molecule has 0 saturated heterocycles. The van der Waals surface area contributed by atoms with Crippen LogP contribution in [0.15, 0.2) is 30.5 Å². The van der Waals surface area contributed by atoms with Crippen LogP contribution in [-0.2, 0) is 10.0 Å². The van der Waals surface area contributed by atoms with Crippen molar-refractivity contribution < 1.29 is 13.5 Å². The van der Waals surface area contributed by atoms with Crippen LogP contribution in [-0.4, -0.2) is 52.2 Å². The maximum absolute atomic E-state index is 11.5. The first-order valence-electron chi connectivity index (χ1n) is 11.1. The number of rotatable bonds is 8. The van der Waals surface area contributed by atoms with Gasteiger partial charge in [0.2, 0.25) is 16.0 Å². The lowest BCUT2D eigenvalue weighted by molar-refractivity contribution is 0.109. The van der Waals surface area contributed by atoms with Gasteiger partial charge in [-0.25, -0.2) is 18.1 Å². The Morgan fingerprint density at radius 1 is 1.16 bits per heavy atom. The van der Waals surface area contributed by atoms with E-state index in [0.29, 0.717) is 11.6 Å². The average Bonchev–Trinajstić information content (AvgIpc) is 3.13. The highest BCUT2D eigenvalue weighted by Gasteiger charge is 2.25. The predicted molar refractivity (Wildman–Crippen MR) is 126 cm³/mol. The van der Waals surface area contributed by atoms with Crippen LogP contribution < -0.4 is 10.0 Å². The van der Waals surface area contributed by atoms with E-state index in [1.807, 2.05) is 16.8 Å². The fourth-order valence-corrected chi connectivity index (χ4v) is 4.63. The fraction of sp³-hybridized carbons (Fsp3) is 0.500. The molecule has 3 aromatic rings. The average molecular weight is 459 g/mol. The Kier molecular flexibility index (Phi) is 6.61. The Balaban J connectivity index is 1.72. The molecule has 9 nitrogen and oxygen atoms in total. The third-order valence-electron chi connectivity index (χ3n) is 5.74. The molecule has 0 amide bonds. The van der Waals surface area contributed by atoms with Crippen molar-refractivity contribution >= 4 is 32.7 Å². The van der Waals surface area contributed by atoms with Gasteiger partial charge < -0.3 is 10.4 Å². The summed E-state index contributed by atoms with van der Waals surface area (Å²) < 4.78 is 27.4. The van der Waals surface area contributed by atoms with Gasteiger partial charge >= 0.3 is 0 Å². The van der Waals surface area contributed by atoms with Gasteiger partial charge in [-0.1, -0.05) is 25.5 Å². The third kappa shape index (κ3) is 5.18. The highest BCUT2D eigenvalue weighted by atomic mass is 32.2. The zero-order valence-corrected chi connectivity index (χ0v) is 19.3. The van der Waals surface area contributed by atoms with Crippen LogP contribution in [0.2, 0.25) is 0 Å². The number of benzene rings is 1. The van der Waals surface area contributed by atoms with Crippen molar-refractivity contribution in [3.05, 3.63) is 30.5 Å². The highest BCUT2D eigenvalue weighted by Crippen LogP contribution is 2.34. The number of aliphatic hydroxyl groups excluding tert-OH is 1. The zero-order chi connectivity index (χ0) is 22.7. The summed E-state index contributed by atoms with van der Waals surface area (Å²) in [6, 6.07) is 7.30. The molecule has 2 aromatic heterocycles. The molecule has 2 heterocycles. The minimum Gasteiger partial charge on any atom is -0.393 e. The van der Waals surface area contributed by atoms with Gasteiger partial charge in [-0.15, -0.1) is 0 Å². The number of nitrogens with zero attached hydrogens (tertiary/aromatic N) is 4. The largest absolute Gasteiger partial charge is 0.393 e. The molecule has 0 spiro atoms. The van der Waals surface area contributed by atoms with Crippen LogP contribution in [0.1, 0.15) is 51.5 Å². The number of hydrogen-bond donors (Lipinski definition) is 3. The van der Waals surface area contributed by atoms with E-state index in [1.165, 1.54) is 0 Å². The van der Waals surface area contributed by atoms with Gasteiger partial charge in [-0.3, -0.25) is 4.72 Å². The van der Waals surface area contributed by atoms with Crippen LogP contribution in [0.25, 0.3) is 22.3 Å². The van der Waals surface area contributed by atoms with Crippen LogP contribution in [0.4, 0.5) is 11.6 Å². The number of anilines is 2. The Labute approximate surface area is 188 Å². The van der Waals surface area contributed by atoms with Gasteiger partial charge in [0, 0.05) is 24.0 Å². The lowest BCUT2D eigenvalue weighted by Gasteiger charge is -2.25. The summed E-state index contributed by atoms with van der Waals surface area (Å²) in [6.45, 7) is 2.95. The summed E-state index contributed by atoms with van der Waals surface area (Å²) >= 11 is 0. The molecule has 1 aliphatic rings. The minimum atomic E-state index is -3.34. The first-order chi connectivity index (χ1) is 15.3. The second-order valence-electron chi connectivity index (χ2n) is 8.42. The second-order valence-corrected chi connectivity index (χ2v) is 10.2. The number of aromatic nitrogens is 4. The highest BCUT2D eigenvalue weighted by molar-refractivity contribution is 7.92. The Hall–Kier alpha value is -2.72. The number of unbranched alkanes of at least 4 members (excludes halogenated alkanes) is 1. The molecule has 0 aliphatic heterocycles. The van der Waals surface area contributed by atoms with Crippen molar-refractivity contribution in [1.29, 1.82) is 0 Å². The summed E-state index contributed by atoms with van der Waals surface area (Å²) in [5.41, 5.74) is 2.89. The quantitative estimate of drug-likeness (QED) is 0.441. The first kappa shape index (κ1) is 22.5. The fourth-order valence-electron chi connectivity index (χ4n) is 4.07. The molecule has 0 bridgehead atoms.